The number of aliphatic hydroxyl groups is 1. The van der Waals surface area contributed by atoms with Crippen LogP contribution in [0.25, 0.3) is 0 Å². The van der Waals surface area contributed by atoms with Crippen molar-refractivity contribution >= 4 is 5.78 Å². The minimum atomic E-state index is -1.14. The molecule has 6 atom stereocenters. The van der Waals surface area contributed by atoms with Gasteiger partial charge in [0.2, 0.25) is 0 Å². The molecule has 2 nitrogen and oxygen atoms in total. The molecule has 126 valence electrons. The van der Waals surface area contributed by atoms with Gasteiger partial charge in [0.1, 0.15) is 5.60 Å². The number of fused-ring (bicyclic) bond motifs is 5. The van der Waals surface area contributed by atoms with Crippen molar-refractivity contribution in [3.63, 3.8) is 0 Å². The van der Waals surface area contributed by atoms with E-state index >= 15 is 0 Å². The molecule has 0 amide bonds. The van der Waals surface area contributed by atoms with Crippen LogP contribution in [0.2, 0.25) is 0 Å². The minimum Gasteiger partial charge on any atom is -0.376 e. The molecule has 0 aliphatic heterocycles. The van der Waals surface area contributed by atoms with Gasteiger partial charge in [-0.15, -0.1) is 12.8 Å². The molecule has 2 unspecified atom stereocenters. The van der Waals surface area contributed by atoms with Crippen molar-refractivity contribution in [3.05, 3.63) is 11.6 Å². The standard InChI is InChI=1S/C22H26O2/c1-4-21-12-9-18-17(19(21)10-13-22(21,24)5-2)7-6-15-14-16(23)8-11-20(15,18)3/h1-2,14,17-19,24H,6-13H2,3H3/t17-,18+,19+,20?,21?,22+/m1/s1. The molecule has 0 radical (unpaired) electrons. The van der Waals surface area contributed by atoms with E-state index in [9.17, 15) is 9.90 Å². The zero-order valence-corrected chi connectivity index (χ0v) is 14.5. The minimum absolute atomic E-state index is 0.133. The van der Waals surface area contributed by atoms with Crippen molar-refractivity contribution in [2.24, 2.45) is 28.6 Å². The van der Waals surface area contributed by atoms with Crippen LogP contribution in [0.4, 0.5) is 0 Å². The molecule has 4 aliphatic carbocycles. The Morgan fingerprint density at radius 2 is 1.83 bits per heavy atom. The normalized spacial score (nSPS) is 49.9. The number of carbonyl (C=O) groups is 1. The van der Waals surface area contributed by atoms with Crippen molar-refractivity contribution in [3.8, 4) is 24.7 Å². The van der Waals surface area contributed by atoms with Crippen molar-refractivity contribution in [2.75, 3.05) is 0 Å². The van der Waals surface area contributed by atoms with Gasteiger partial charge >= 0.3 is 0 Å². The second-order valence-corrected chi connectivity index (χ2v) is 8.67. The third-order valence-corrected chi connectivity index (χ3v) is 8.09. The van der Waals surface area contributed by atoms with Crippen LogP contribution in [0.15, 0.2) is 11.6 Å². The largest absolute Gasteiger partial charge is 0.376 e. The first-order valence-electron chi connectivity index (χ1n) is 9.32. The fourth-order valence-corrected chi connectivity index (χ4v) is 6.76. The van der Waals surface area contributed by atoms with E-state index in [-0.39, 0.29) is 11.2 Å². The summed E-state index contributed by atoms with van der Waals surface area (Å²) in [6, 6.07) is 0. The molecule has 1 N–H and O–H groups in total. The van der Waals surface area contributed by atoms with Gasteiger partial charge in [-0.1, -0.05) is 24.3 Å². The summed E-state index contributed by atoms with van der Waals surface area (Å²) in [6.45, 7) is 2.35. The summed E-state index contributed by atoms with van der Waals surface area (Å²) in [5, 5.41) is 11.0. The molecule has 0 bridgehead atoms. The highest BCUT2D eigenvalue weighted by molar-refractivity contribution is 5.91. The maximum atomic E-state index is 11.9. The summed E-state index contributed by atoms with van der Waals surface area (Å²) in [7, 11) is 0. The number of allylic oxidation sites excluding steroid dienone is 1. The SMILES string of the molecule is C#CC12CC[C@H]3[C@@H](CCC4=CC(=O)CCC43C)[C@@H]1CC[C@@]2(O)C#C. The smallest absolute Gasteiger partial charge is 0.155 e. The van der Waals surface area contributed by atoms with Crippen LogP contribution in [-0.4, -0.2) is 16.5 Å². The number of ketones is 1. The van der Waals surface area contributed by atoms with Crippen LogP contribution in [0.3, 0.4) is 0 Å². The van der Waals surface area contributed by atoms with Crippen LogP contribution in [0.5, 0.6) is 0 Å². The highest BCUT2D eigenvalue weighted by Gasteiger charge is 2.65. The summed E-state index contributed by atoms with van der Waals surface area (Å²) in [6.07, 6.45) is 20.7. The summed E-state index contributed by atoms with van der Waals surface area (Å²) in [5.41, 5.74) is -0.200. The summed E-state index contributed by atoms with van der Waals surface area (Å²) in [5.74, 6) is 7.33. The van der Waals surface area contributed by atoms with Crippen LogP contribution in [0.1, 0.15) is 58.3 Å². The second kappa shape index (κ2) is 5.00. The van der Waals surface area contributed by atoms with Gasteiger partial charge in [0.25, 0.3) is 0 Å². The Morgan fingerprint density at radius 1 is 1.08 bits per heavy atom. The van der Waals surface area contributed by atoms with Crippen molar-refractivity contribution in [2.45, 2.75) is 63.9 Å². The Morgan fingerprint density at radius 3 is 2.54 bits per heavy atom. The number of terminal acetylenes is 2. The first-order chi connectivity index (χ1) is 11.4. The molecule has 4 rings (SSSR count). The topological polar surface area (TPSA) is 37.3 Å². The second-order valence-electron chi connectivity index (χ2n) is 8.67. The fraction of sp³-hybridized carbons (Fsp3) is 0.682. The van der Waals surface area contributed by atoms with Crippen LogP contribution >= 0.6 is 0 Å². The van der Waals surface area contributed by atoms with Crippen LogP contribution in [0, 0.1) is 53.3 Å². The molecule has 0 saturated heterocycles. The number of carbonyl (C=O) groups excluding carboxylic acids is 1. The Labute approximate surface area is 145 Å². The molecule has 3 fully saturated rings. The molecular weight excluding hydrogens is 296 g/mol. The molecule has 0 aromatic carbocycles. The maximum Gasteiger partial charge on any atom is 0.155 e. The number of rotatable bonds is 0. The lowest BCUT2D eigenvalue weighted by Gasteiger charge is -2.58. The molecule has 3 saturated carbocycles. The average Bonchev–Trinajstić information content (AvgIpc) is 2.89. The molecule has 4 aliphatic rings. The Kier molecular flexibility index (Phi) is 3.33. The summed E-state index contributed by atoms with van der Waals surface area (Å²) in [4.78, 5) is 11.9. The fourth-order valence-electron chi connectivity index (χ4n) is 6.76. The summed E-state index contributed by atoms with van der Waals surface area (Å²) < 4.78 is 0. The van der Waals surface area contributed by atoms with Gasteiger partial charge in [0, 0.05) is 6.42 Å². The van der Waals surface area contributed by atoms with Crippen molar-refractivity contribution in [1.82, 2.24) is 0 Å². The van der Waals surface area contributed by atoms with Gasteiger partial charge in [-0.2, -0.15) is 0 Å². The van der Waals surface area contributed by atoms with Crippen molar-refractivity contribution < 1.29 is 9.90 Å². The molecule has 0 aromatic rings. The van der Waals surface area contributed by atoms with Gasteiger partial charge in [-0.05, 0) is 74.2 Å². The lowest BCUT2D eigenvalue weighted by molar-refractivity contribution is -0.117. The highest BCUT2D eigenvalue weighted by atomic mass is 16.3. The van der Waals surface area contributed by atoms with Gasteiger partial charge < -0.3 is 5.11 Å². The predicted molar refractivity (Wildman–Crippen MR) is 93.7 cm³/mol. The Bertz CT molecular complexity index is 704. The molecule has 0 spiro atoms. The third-order valence-electron chi connectivity index (χ3n) is 8.09. The van der Waals surface area contributed by atoms with E-state index in [1.165, 1.54) is 5.57 Å². The first-order valence-corrected chi connectivity index (χ1v) is 9.32. The first kappa shape index (κ1) is 16.0. The lowest BCUT2D eigenvalue weighted by Crippen LogP contribution is -2.55. The van der Waals surface area contributed by atoms with E-state index in [1.54, 1.807) is 0 Å². The van der Waals surface area contributed by atoms with E-state index in [1.807, 2.05) is 6.08 Å². The van der Waals surface area contributed by atoms with Gasteiger partial charge in [-0.25, -0.2) is 0 Å². The highest BCUT2D eigenvalue weighted by Crippen LogP contribution is 2.67. The molecule has 0 aromatic heterocycles. The van der Waals surface area contributed by atoms with E-state index in [0.717, 1.165) is 38.5 Å². The lowest BCUT2D eigenvalue weighted by atomic mass is 9.46. The molecule has 24 heavy (non-hydrogen) atoms. The van der Waals surface area contributed by atoms with E-state index in [2.05, 4.69) is 18.8 Å². The third kappa shape index (κ3) is 1.76. The predicted octanol–water partition coefficient (Wildman–Crippen LogP) is 3.50. The summed E-state index contributed by atoms with van der Waals surface area (Å²) >= 11 is 0. The number of hydrogen-bond acceptors (Lipinski definition) is 2. The molecule has 2 heteroatoms. The van der Waals surface area contributed by atoms with Gasteiger partial charge in [0.15, 0.2) is 5.78 Å². The van der Waals surface area contributed by atoms with E-state index in [4.69, 9.17) is 12.8 Å². The zero-order valence-electron chi connectivity index (χ0n) is 14.5. The van der Waals surface area contributed by atoms with Crippen LogP contribution < -0.4 is 0 Å². The van der Waals surface area contributed by atoms with Gasteiger partial charge in [0.05, 0.1) is 5.41 Å². The Balaban J connectivity index is 1.74. The monoisotopic (exact) mass is 322 g/mol. The van der Waals surface area contributed by atoms with Gasteiger partial charge in [-0.3, -0.25) is 4.79 Å². The van der Waals surface area contributed by atoms with E-state index < -0.39 is 11.0 Å². The quantitative estimate of drug-likeness (QED) is 0.693. The maximum absolute atomic E-state index is 11.9. The van der Waals surface area contributed by atoms with Crippen LogP contribution in [-0.2, 0) is 4.79 Å². The Hall–Kier alpha value is -1.51. The molecule has 0 heterocycles. The number of hydrogen-bond donors (Lipinski definition) is 1. The zero-order chi connectivity index (χ0) is 17.2. The molecular formula is C22H26O2. The van der Waals surface area contributed by atoms with E-state index in [0.29, 0.717) is 30.6 Å². The average molecular weight is 322 g/mol. The van der Waals surface area contributed by atoms with Crippen molar-refractivity contribution in [1.29, 1.82) is 0 Å².